The van der Waals surface area contributed by atoms with Crippen molar-refractivity contribution in [2.75, 3.05) is 13.2 Å². The maximum absolute atomic E-state index is 13.7. The average Bonchev–Trinajstić information content (AvgIpc) is 2.40. The maximum atomic E-state index is 13.7. The molecule has 0 bridgehead atoms. The van der Waals surface area contributed by atoms with Gasteiger partial charge in [0.1, 0.15) is 5.82 Å². The van der Waals surface area contributed by atoms with Crippen LogP contribution in [0.2, 0.25) is 5.02 Å². The summed E-state index contributed by atoms with van der Waals surface area (Å²) >= 11 is 6.03. The van der Waals surface area contributed by atoms with Crippen LogP contribution in [0.15, 0.2) is 18.2 Å². The summed E-state index contributed by atoms with van der Waals surface area (Å²) in [6, 6.07) is 4.71. The quantitative estimate of drug-likeness (QED) is 0.653. The third kappa shape index (κ3) is 3.20. The lowest BCUT2D eigenvalue weighted by atomic mass is 9.89. The zero-order chi connectivity index (χ0) is 13.0. The first kappa shape index (κ1) is 13.7. The van der Waals surface area contributed by atoms with Crippen LogP contribution in [0, 0.1) is 11.7 Å². The first-order chi connectivity index (χ1) is 8.72. The molecule has 100 valence electrons. The summed E-state index contributed by atoms with van der Waals surface area (Å²) in [5.41, 5.74) is 3.29. The summed E-state index contributed by atoms with van der Waals surface area (Å²) in [7, 11) is 0. The lowest BCUT2D eigenvalue weighted by Crippen LogP contribution is -2.45. The Kier molecular flexibility index (Phi) is 4.95. The second kappa shape index (κ2) is 6.48. The van der Waals surface area contributed by atoms with Gasteiger partial charge in [0.05, 0.1) is 6.61 Å². The summed E-state index contributed by atoms with van der Waals surface area (Å²) in [4.78, 5) is 0. The van der Waals surface area contributed by atoms with Crippen molar-refractivity contribution >= 4 is 11.6 Å². The van der Waals surface area contributed by atoms with Crippen molar-refractivity contribution in [2.45, 2.75) is 25.3 Å². The zero-order valence-electron chi connectivity index (χ0n) is 10.2. The second-order valence-electron chi connectivity index (χ2n) is 4.65. The van der Waals surface area contributed by atoms with Gasteiger partial charge in [0.15, 0.2) is 0 Å². The lowest BCUT2D eigenvalue weighted by molar-refractivity contribution is 0.0392. The number of nitrogens with one attached hydrogen (secondary N) is 1. The summed E-state index contributed by atoms with van der Waals surface area (Å²) in [5.74, 6) is 5.61. The minimum absolute atomic E-state index is 0.0142. The fourth-order valence-corrected chi connectivity index (χ4v) is 2.63. The normalized spacial score (nSPS) is 21.8. The summed E-state index contributed by atoms with van der Waals surface area (Å²) in [6.45, 7) is 1.47. The number of nitrogens with two attached hydrogens (primary N) is 1. The van der Waals surface area contributed by atoms with Gasteiger partial charge in [0.25, 0.3) is 0 Å². The summed E-state index contributed by atoms with van der Waals surface area (Å²) in [6.07, 6.45) is 2.55. The second-order valence-corrected chi connectivity index (χ2v) is 5.06. The molecule has 1 heterocycles. The number of halogens is 2. The molecular weight excluding hydrogens is 255 g/mol. The molecule has 0 saturated carbocycles. The van der Waals surface area contributed by atoms with Crippen LogP contribution in [0.5, 0.6) is 0 Å². The standard InChI is InChI=1S/C13H18ClFN2O/c14-11-4-1-5-12(15)10(11)7-13(17-16)9-3-2-6-18-8-9/h1,4-5,9,13,17H,2-3,6-8,16H2. The van der Waals surface area contributed by atoms with E-state index in [-0.39, 0.29) is 11.9 Å². The van der Waals surface area contributed by atoms with E-state index in [1.54, 1.807) is 12.1 Å². The Balaban J connectivity index is 2.09. The van der Waals surface area contributed by atoms with Crippen LogP contribution in [0.25, 0.3) is 0 Å². The number of hydrogen-bond acceptors (Lipinski definition) is 3. The Morgan fingerprint density at radius 2 is 2.39 bits per heavy atom. The van der Waals surface area contributed by atoms with Gasteiger partial charge >= 0.3 is 0 Å². The molecule has 1 aliphatic rings. The molecule has 1 aromatic carbocycles. The predicted octanol–water partition coefficient (Wildman–Crippen LogP) is 2.28. The van der Waals surface area contributed by atoms with Crippen LogP contribution < -0.4 is 11.3 Å². The van der Waals surface area contributed by atoms with Crippen molar-refractivity contribution in [1.82, 2.24) is 5.43 Å². The molecule has 18 heavy (non-hydrogen) atoms. The van der Waals surface area contributed by atoms with Crippen LogP contribution >= 0.6 is 11.6 Å². The molecule has 2 atom stereocenters. The van der Waals surface area contributed by atoms with Crippen molar-refractivity contribution in [3.63, 3.8) is 0 Å². The summed E-state index contributed by atoms with van der Waals surface area (Å²) in [5, 5.41) is 0.451. The largest absolute Gasteiger partial charge is 0.381 e. The van der Waals surface area contributed by atoms with Crippen LogP contribution in [-0.4, -0.2) is 19.3 Å². The third-order valence-corrected chi connectivity index (χ3v) is 3.82. The Hall–Kier alpha value is -0.680. The van der Waals surface area contributed by atoms with Gasteiger partial charge < -0.3 is 4.74 Å². The van der Waals surface area contributed by atoms with Gasteiger partial charge in [-0.3, -0.25) is 11.3 Å². The number of benzene rings is 1. The zero-order valence-corrected chi connectivity index (χ0v) is 10.9. The highest BCUT2D eigenvalue weighted by atomic mass is 35.5. The molecule has 0 aromatic heterocycles. The van der Waals surface area contributed by atoms with Gasteiger partial charge in [-0.15, -0.1) is 0 Å². The van der Waals surface area contributed by atoms with E-state index >= 15 is 0 Å². The lowest BCUT2D eigenvalue weighted by Gasteiger charge is -2.30. The molecule has 5 heteroatoms. The Labute approximate surface area is 111 Å². The van der Waals surface area contributed by atoms with Crippen LogP contribution in [-0.2, 0) is 11.2 Å². The first-order valence-corrected chi connectivity index (χ1v) is 6.57. The fraction of sp³-hybridized carbons (Fsp3) is 0.538. The number of ether oxygens (including phenoxy) is 1. The van der Waals surface area contributed by atoms with Crippen LogP contribution in [0.1, 0.15) is 18.4 Å². The number of hydrogen-bond donors (Lipinski definition) is 2. The van der Waals surface area contributed by atoms with E-state index in [9.17, 15) is 4.39 Å². The van der Waals surface area contributed by atoms with Crippen molar-refractivity contribution in [1.29, 1.82) is 0 Å². The average molecular weight is 273 g/mol. The predicted molar refractivity (Wildman–Crippen MR) is 69.8 cm³/mol. The van der Waals surface area contributed by atoms with Crippen LogP contribution in [0.4, 0.5) is 4.39 Å². The van der Waals surface area contributed by atoms with Crippen molar-refractivity contribution in [2.24, 2.45) is 11.8 Å². The molecule has 1 saturated heterocycles. The third-order valence-electron chi connectivity index (χ3n) is 3.46. The van der Waals surface area contributed by atoms with Gasteiger partial charge in [-0.1, -0.05) is 17.7 Å². The SMILES string of the molecule is NNC(Cc1c(F)cccc1Cl)C1CCCOC1. The maximum Gasteiger partial charge on any atom is 0.127 e. The van der Waals surface area contributed by atoms with Crippen molar-refractivity contribution in [3.8, 4) is 0 Å². The first-order valence-electron chi connectivity index (χ1n) is 6.19. The Morgan fingerprint density at radius 1 is 1.56 bits per heavy atom. The van der Waals surface area contributed by atoms with Gasteiger partial charge in [0.2, 0.25) is 0 Å². The van der Waals surface area contributed by atoms with Gasteiger partial charge in [-0.05, 0) is 37.3 Å². The Bertz CT molecular complexity index is 376. The molecular formula is C13H18ClFN2O. The molecule has 0 spiro atoms. The van der Waals surface area contributed by atoms with E-state index in [0.717, 1.165) is 19.4 Å². The minimum atomic E-state index is -0.278. The van der Waals surface area contributed by atoms with E-state index in [1.807, 2.05) is 0 Å². The van der Waals surface area contributed by atoms with E-state index in [2.05, 4.69) is 5.43 Å². The molecule has 2 unspecified atom stereocenters. The molecule has 3 nitrogen and oxygen atoms in total. The molecule has 0 aliphatic carbocycles. The van der Waals surface area contributed by atoms with E-state index in [0.29, 0.717) is 29.5 Å². The molecule has 1 fully saturated rings. The van der Waals surface area contributed by atoms with Gasteiger partial charge in [-0.25, -0.2) is 4.39 Å². The molecule has 0 amide bonds. The highest BCUT2D eigenvalue weighted by Gasteiger charge is 2.25. The minimum Gasteiger partial charge on any atom is -0.381 e. The van der Waals surface area contributed by atoms with Crippen molar-refractivity contribution < 1.29 is 9.13 Å². The van der Waals surface area contributed by atoms with E-state index in [1.165, 1.54) is 6.07 Å². The van der Waals surface area contributed by atoms with Crippen LogP contribution in [0.3, 0.4) is 0 Å². The van der Waals surface area contributed by atoms with Gasteiger partial charge in [-0.2, -0.15) is 0 Å². The molecule has 3 N–H and O–H groups in total. The number of hydrazine groups is 1. The highest BCUT2D eigenvalue weighted by molar-refractivity contribution is 6.31. The molecule has 2 rings (SSSR count). The van der Waals surface area contributed by atoms with Gasteiger partial charge in [0, 0.05) is 23.2 Å². The monoisotopic (exact) mass is 272 g/mol. The number of rotatable bonds is 4. The summed E-state index contributed by atoms with van der Waals surface area (Å²) < 4.78 is 19.2. The fourth-order valence-electron chi connectivity index (χ4n) is 2.39. The van der Waals surface area contributed by atoms with E-state index in [4.69, 9.17) is 22.2 Å². The topological polar surface area (TPSA) is 47.3 Å². The molecule has 1 aromatic rings. The smallest absolute Gasteiger partial charge is 0.127 e. The molecule has 0 radical (unpaired) electrons. The molecule has 1 aliphatic heterocycles. The van der Waals surface area contributed by atoms with Crippen molar-refractivity contribution in [3.05, 3.63) is 34.6 Å². The Morgan fingerprint density at radius 3 is 3.00 bits per heavy atom. The highest BCUT2D eigenvalue weighted by Crippen LogP contribution is 2.25. The van der Waals surface area contributed by atoms with E-state index < -0.39 is 0 Å².